The Labute approximate surface area is 217 Å². The lowest BCUT2D eigenvalue weighted by molar-refractivity contribution is 0.0491. The standard InChI is InChI=1S/C28H32Cl2N4O/c1-18-8-7-11-26(19(18)2)32-16-33(24-14-22(29)13-23(30)15-24)28-31-20(3)25(27(35)34(28)17-32)12-21-9-5-4-6-10-21/h4-6,9-10,13-15,18-19,26H,7-8,11-12,16-17H2,1-3H3. The van der Waals surface area contributed by atoms with Crippen molar-refractivity contribution in [1.82, 2.24) is 14.5 Å². The number of fused-ring (bicyclic) bond motifs is 1. The predicted octanol–water partition coefficient (Wildman–Crippen LogP) is 6.64. The molecule has 3 unspecified atom stereocenters. The average Bonchev–Trinajstić information content (AvgIpc) is 2.83. The van der Waals surface area contributed by atoms with Crippen LogP contribution in [0.4, 0.5) is 11.6 Å². The normalized spacial score (nSPS) is 22.8. The molecule has 1 saturated carbocycles. The van der Waals surface area contributed by atoms with Gasteiger partial charge in [-0.15, -0.1) is 0 Å². The van der Waals surface area contributed by atoms with Crippen molar-refractivity contribution in [3.63, 3.8) is 0 Å². The summed E-state index contributed by atoms with van der Waals surface area (Å²) in [6.45, 7) is 7.80. The minimum atomic E-state index is 0.0238. The fourth-order valence-corrected chi connectivity index (χ4v) is 6.18. The zero-order valence-electron chi connectivity index (χ0n) is 20.5. The summed E-state index contributed by atoms with van der Waals surface area (Å²) in [7, 11) is 0. The SMILES string of the molecule is Cc1nc2n(c(=O)c1Cc1ccccc1)CN(C1CCCC(C)C1C)CN2c1cc(Cl)cc(Cl)c1. The molecule has 3 atom stereocenters. The Hall–Kier alpha value is -2.34. The second-order valence-electron chi connectivity index (χ2n) is 10.1. The minimum Gasteiger partial charge on any atom is -0.298 e. The Morgan fingerprint density at radius 2 is 1.71 bits per heavy atom. The van der Waals surface area contributed by atoms with Crippen molar-refractivity contribution in [2.24, 2.45) is 11.8 Å². The average molecular weight is 511 g/mol. The van der Waals surface area contributed by atoms with E-state index in [1.54, 1.807) is 6.07 Å². The van der Waals surface area contributed by atoms with E-state index in [0.717, 1.165) is 28.9 Å². The number of halogens is 2. The van der Waals surface area contributed by atoms with Crippen molar-refractivity contribution in [3.05, 3.63) is 85.8 Å². The predicted molar refractivity (Wildman–Crippen MR) is 144 cm³/mol. The van der Waals surface area contributed by atoms with E-state index in [2.05, 4.69) is 35.8 Å². The molecule has 0 amide bonds. The molecule has 2 heterocycles. The van der Waals surface area contributed by atoms with Crippen LogP contribution in [0.3, 0.4) is 0 Å². The molecule has 2 aromatic carbocycles. The van der Waals surface area contributed by atoms with Gasteiger partial charge in [-0.05, 0) is 48.9 Å². The smallest absolute Gasteiger partial charge is 0.259 e. The van der Waals surface area contributed by atoms with E-state index in [1.807, 2.05) is 41.8 Å². The van der Waals surface area contributed by atoms with E-state index >= 15 is 0 Å². The number of aryl methyl sites for hydroxylation is 1. The fraction of sp³-hybridized carbons (Fsp3) is 0.429. The summed E-state index contributed by atoms with van der Waals surface area (Å²) in [5.74, 6) is 1.86. The number of nitrogens with zero attached hydrogens (tertiary/aromatic N) is 4. The molecule has 2 aliphatic rings. The highest BCUT2D eigenvalue weighted by atomic mass is 35.5. The zero-order valence-corrected chi connectivity index (χ0v) is 22.1. The maximum atomic E-state index is 13.9. The molecule has 5 nitrogen and oxygen atoms in total. The summed E-state index contributed by atoms with van der Waals surface area (Å²) in [5.41, 5.74) is 3.48. The van der Waals surface area contributed by atoms with Crippen LogP contribution in [0.15, 0.2) is 53.3 Å². The van der Waals surface area contributed by atoms with E-state index in [-0.39, 0.29) is 5.56 Å². The van der Waals surface area contributed by atoms with Crippen LogP contribution in [0.1, 0.15) is 49.9 Å². The largest absolute Gasteiger partial charge is 0.298 e. The maximum absolute atomic E-state index is 13.9. The fourth-order valence-electron chi connectivity index (χ4n) is 5.67. The Kier molecular flexibility index (Phi) is 6.93. The van der Waals surface area contributed by atoms with Gasteiger partial charge < -0.3 is 0 Å². The number of aromatic nitrogens is 2. The van der Waals surface area contributed by atoms with Crippen molar-refractivity contribution in [3.8, 4) is 0 Å². The number of hydrogen-bond donors (Lipinski definition) is 0. The van der Waals surface area contributed by atoms with Crippen LogP contribution < -0.4 is 10.5 Å². The van der Waals surface area contributed by atoms with E-state index < -0.39 is 0 Å². The van der Waals surface area contributed by atoms with Gasteiger partial charge in [-0.1, -0.05) is 80.2 Å². The highest BCUT2D eigenvalue weighted by Gasteiger charge is 2.37. The van der Waals surface area contributed by atoms with Gasteiger partial charge in [-0.25, -0.2) is 4.98 Å². The molecule has 1 aliphatic heterocycles. The van der Waals surface area contributed by atoms with Gasteiger partial charge >= 0.3 is 0 Å². The van der Waals surface area contributed by atoms with E-state index in [0.29, 0.717) is 53.6 Å². The van der Waals surface area contributed by atoms with Crippen LogP contribution >= 0.6 is 23.2 Å². The van der Waals surface area contributed by atoms with Crippen molar-refractivity contribution in [2.75, 3.05) is 11.6 Å². The molecule has 0 N–H and O–H groups in total. The van der Waals surface area contributed by atoms with E-state index in [4.69, 9.17) is 28.2 Å². The first-order valence-electron chi connectivity index (χ1n) is 12.4. The van der Waals surface area contributed by atoms with Gasteiger partial charge in [-0.3, -0.25) is 19.2 Å². The summed E-state index contributed by atoms with van der Waals surface area (Å²) < 4.78 is 1.84. The van der Waals surface area contributed by atoms with Gasteiger partial charge in [-0.2, -0.15) is 0 Å². The monoisotopic (exact) mass is 510 g/mol. The molecule has 184 valence electrons. The second-order valence-corrected chi connectivity index (χ2v) is 11.0. The molecule has 1 aliphatic carbocycles. The third-order valence-electron chi connectivity index (χ3n) is 7.85. The summed E-state index contributed by atoms with van der Waals surface area (Å²) in [6.07, 6.45) is 4.18. The van der Waals surface area contributed by atoms with Gasteiger partial charge in [0.25, 0.3) is 5.56 Å². The number of benzene rings is 2. The molecule has 35 heavy (non-hydrogen) atoms. The molecule has 5 rings (SSSR count). The number of anilines is 2. The summed E-state index contributed by atoms with van der Waals surface area (Å²) in [5, 5.41) is 1.13. The van der Waals surface area contributed by atoms with Crippen molar-refractivity contribution in [1.29, 1.82) is 0 Å². The van der Waals surface area contributed by atoms with Crippen LogP contribution in [-0.2, 0) is 13.1 Å². The highest BCUT2D eigenvalue weighted by Crippen LogP contribution is 2.37. The maximum Gasteiger partial charge on any atom is 0.259 e. The quantitative estimate of drug-likeness (QED) is 0.394. The van der Waals surface area contributed by atoms with Crippen LogP contribution in [-0.4, -0.2) is 27.2 Å². The first kappa shape index (κ1) is 24.4. The molecule has 3 aromatic rings. The zero-order chi connectivity index (χ0) is 24.7. The first-order valence-corrected chi connectivity index (χ1v) is 13.2. The lowest BCUT2D eigenvalue weighted by Gasteiger charge is -2.46. The molecule has 7 heteroatoms. The van der Waals surface area contributed by atoms with E-state index in [1.165, 1.54) is 12.8 Å². The molecular formula is C28H32Cl2N4O. The Morgan fingerprint density at radius 3 is 2.43 bits per heavy atom. The second kappa shape index (κ2) is 9.96. The molecular weight excluding hydrogens is 479 g/mol. The molecule has 0 bridgehead atoms. The lowest BCUT2D eigenvalue weighted by Crippen LogP contribution is -2.54. The topological polar surface area (TPSA) is 41.4 Å². The molecule has 1 fully saturated rings. The van der Waals surface area contributed by atoms with Gasteiger partial charge in [0.1, 0.15) is 0 Å². The van der Waals surface area contributed by atoms with Crippen LogP contribution in [0.5, 0.6) is 0 Å². The minimum absolute atomic E-state index is 0.0238. The van der Waals surface area contributed by atoms with Gasteiger partial charge in [0.05, 0.1) is 19.0 Å². The Morgan fingerprint density at radius 1 is 1.00 bits per heavy atom. The van der Waals surface area contributed by atoms with Crippen LogP contribution in [0, 0.1) is 18.8 Å². The third-order valence-corrected chi connectivity index (χ3v) is 8.29. The van der Waals surface area contributed by atoms with Gasteiger partial charge in [0.15, 0.2) is 0 Å². The van der Waals surface area contributed by atoms with Crippen LogP contribution in [0.2, 0.25) is 10.0 Å². The van der Waals surface area contributed by atoms with Gasteiger partial charge in [0, 0.05) is 33.8 Å². The van der Waals surface area contributed by atoms with Gasteiger partial charge in [0.2, 0.25) is 5.95 Å². The highest BCUT2D eigenvalue weighted by molar-refractivity contribution is 6.35. The molecule has 0 spiro atoms. The number of hydrogen-bond acceptors (Lipinski definition) is 4. The molecule has 0 radical (unpaired) electrons. The lowest BCUT2D eigenvalue weighted by atomic mass is 9.77. The molecule has 0 saturated heterocycles. The number of rotatable bonds is 4. The summed E-state index contributed by atoms with van der Waals surface area (Å²) >= 11 is 12.8. The Balaban J connectivity index is 1.61. The summed E-state index contributed by atoms with van der Waals surface area (Å²) in [4.78, 5) is 23.4. The van der Waals surface area contributed by atoms with Crippen molar-refractivity contribution >= 4 is 34.8 Å². The first-order chi connectivity index (χ1) is 16.8. The Bertz CT molecular complexity index is 1260. The van der Waals surface area contributed by atoms with E-state index in [9.17, 15) is 4.79 Å². The van der Waals surface area contributed by atoms with Crippen LogP contribution in [0.25, 0.3) is 0 Å². The summed E-state index contributed by atoms with van der Waals surface area (Å²) in [6, 6.07) is 16.0. The van der Waals surface area contributed by atoms with Crippen molar-refractivity contribution < 1.29 is 0 Å². The third kappa shape index (κ3) is 4.87. The van der Waals surface area contributed by atoms with Crippen molar-refractivity contribution in [2.45, 2.75) is 59.2 Å². The molecule has 1 aromatic heterocycles.